The Labute approximate surface area is 193 Å². The van der Waals surface area contributed by atoms with Gasteiger partial charge in [0.05, 0.1) is 22.3 Å². The fraction of sp³-hybridized carbons (Fsp3) is 0.391. The van der Waals surface area contributed by atoms with Crippen molar-refractivity contribution in [2.24, 2.45) is 0 Å². The molecule has 0 saturated carbocycles. The third-order valence-corrected chi connectivity index (χ3v) is 6.12. The van der Waals surface area contributed by atoms with Crippen molar-refractivity contribution in [2.75, 3.05) is 48.8 Å². The lowest BCUT2D eigenvalue weighted by Crippen LogP contribution is -2.27. The lowest BCUT2D eigenvalue weighted by atomic mass is 10.2. The van der Waals surface area contributed by atoms with Crippen LogP contribution in [0.4, 0.5) is 22.5 Å². The average Bonchev–Trinajstić information content (AvgIpc) is 3.02. The highest BCUT2D eigenvalue weighted by Gasteiger charge is 2.17. The predicted molar refractivity (Wildman–Crippen MR) is 133 cm³/mol. The molecule has 0 spiro atoms. The monoisotopic (exact) mass is 450 g/mol. The molecule has 1 aliphatic rings. The summed E-state index contributed by atoms with van der Waals surface area (Å²) in [4.78, 5) is 16.7. The van der Waals surface area contributed by atoms with Crippen LogP contribution in [0.15, 0.2) is 30.5 Å². The zero-order valence-corrected chi connectivity index (χ0v) is 19.9. The second kappa shape index (κ2) is 11.4. The van der Waals surface area contributed by atoms with Crippen LogP contribution in [0.3, 0.4) is 0 Å². The van der Waals surface area contributed by atoms with Crippen LogP contribution in [0.25, 0.3) is 10.6 Å². The van der Waals surface area contributed by atoms with E-state index in [4.69, 9.17) is 0 Å². The Morgan fingerprint density at radius 3 is 2.78 bits per heavy atom. The molecule has 1 aliphatic heterocycles. The molecule has 1 fully saturated rings. The van der Waals surface area contributed by atoms with Crippen molar-refractivity contribution in [1.82, 2.24) is 20.3 Å². The molecule has 0 amide bonds. The van der Waals surface area contributed by atoms with E-state index in [1.807, 2.05) is 40.0 Å². The van der Waals surface area contributed by atoms with Crippen LogP contribution in [0.1, 0.15) is 31.5 Å². The van der Waals surface area contributed by atoms with Crippen molar-refractivity contribution < 1.29 is 0 Å². The molecular weight excluding hydrogens is 420 g/mol. The van der Waals surface area contributed by atoms with Gasteiger partial charge in [0.25, 0.3) is 0 Å². The van der Waals surface area contributed by atoms with E-state index in [0.717, 1.165) is 54.0 Å². The van der Waals surface area contributed by atoms with Crippen molar-refractivity contribution in [1.29, 1.82) is 5.26 Å². The summed E-state index contributed by atoms with van der Waals surface area (Å²) in [5.41, 5.74) is 3.95. The van der Waals surface area contributed by atoms with E-state index >= 15 is 0 Å². The smallest absolute Gasteiger partial charge is 0.227 e. The molecule has 4 rings (SSSR count). The van der Waals surface area contributed by atoms with Crippen LogP contribution < -0.4 is 20.9 Å². The van der Waals surface area contributed by atoms with Crippen LogP contribution in [0.5, 0.6) is 0 Å². The van der Waals surface area contributed by atoms with E-state index < -0.39 is 0 Å². The molecule has 3 heterocycles. The molecule has 1 aromatic carbocycles. The summed E-state index contributed by atoms with van der Waals surface area (Å²) in [7, 11) is 1.83. The Morgan fingerprint density at radius 2 is 2.03 bits per heavy atom. The molecular formula is C23H30N8S. The zero-order valence-electron chi connectivity index (χ0n) is 19.1. The first-order valence-corrected chi connectivity index (χ1v) is 11.7. The molecule has 3 N–H and O–H groups in total. The van der Waals surface area contributed by atoms with Gasteiger partial charge in [-0.2, -0.15) is 5.26 Å². The minimum Gasteiger partial charge on any atom is -0.370 e. The third-order valence-electron chi connectivity index (χ3n) is 4.94. The highest BCUT2D eigenvalue weighted by molar-refractivity contribution is 7.19. The average molecular weight is 451 g/mol. The third kappa shape index (κ3) is 5.52. The summed E-state index contributed by atoms with van der Waals surface area (Å²) in [6.07, 6.45) is 2.69. The topological polar surface area (TPSA) is 102 Å². The summed E-state index contributed by atoms with van der Waals surface area (Å²) in [6.45, 7) is 9.99. The van der Waals surface area contributed by atoms with Gasteiger partial charge >= 0.3 is 0 Å². The molecule has 0 unspecified atom stereocenters. The first-order valence-electron chi connectivity index (χ1n) is 10.9. The molecule has 8 nitrogen and oxygen atoms in total. The molecule has 168 valence electrons. The standard InChI is InChI=1S/C21H24N8S.C2H6/c1-14-19(30-21(23-2)26-14)18-15(12-22)13-25-20(28-18)27-16-5-3-6-17(11-16)29-9-4-7-24-8-10-29;1-2/h3,5-6,11,13,24H,4,7-10H2,1-2H3,(H,23,26)(H,25,27,28);1-2H3. The van der Waals surface area contributed by atoms with Crippen molar-refractivity contribution in [3.63, 3.8) is 0 Å². The van der Waals surface area contributed by atoms with Gasteiger partial charge in [0, 0.05) is 38.1 Å². The van der Waals surface area contributed by atoms with Gasteiger partial charge in [-0.25, -0.2) is 15.0 Å². The van der Waals surface area contributed by atoms with E-state index in [1.54, 1.807) is 6.20 Å². The summed E-state index contributed by atoms with van der Waals surface area (Å²) < 4.78 is 0. The second-order valence-corrected chi connectivity index (χ2v) is 8.02. The normalized spacial score (nSPS) is 13.4. The number of aryl methyl sites for hydroxylation is 1. The van der Waals surface area contributed by atoms with Gasteiger partial charge in [0.2, 0.25) is 5.95 Å². The summed E-state index contributed by atoms with van der Waals surface area (Å²) in [5, 5.41) is 20.1. The molecule has 0 radical (unpaired) electrons. The molecule has 9 heteroatoms. The number of aromatic nitrogens is 3. The van der Waals surface area contributed by atoms with Gasteiger partial charge in [-0.1, -0.05) is 31.3 Å². The number of hydrogen-bond acceptors (Lipinski definition) is 9. The maximum absolute atomic E-state index is 9.53. The van der Waals surface area contributed by atoms with Crippen LogP contribution in [-0.4, -0.2) is 48.2 Å². The number of nitrogens with zero attached hydrogens (tertiary/aromatic N) is 5. The molecule has 2 aromatic heterocycles. The second-order valence-electron chi connectivity index (χ2n) is 7.02. The number of rotatable bonds is 5. The fourth-order valence-corrected chi connectivity index (χ4v) is 4.36. The Morgan fingerprint density at radius 1 is 1.19 bits per heavy atom. The summed E-state index contributed by atoms with van der Waals surface area (Å²) >= 11 is 1.48. The lowest BCUT2D eigenvalue weighted by Gasteiger charge is -2.23. The van der Waals surface area contributed by atoms with E-state index in [2.05, 4.69) is 54.0 Å². The van der Waals surface area contributed by atoms with Crippen molar-refractivity contribution in [3.05, 3.63) is 41.7 Å². The summed E-state index contributed by atoms with van der Waals surface area (Å²) in [5.74, 6) is 0.456. The minimum atomic E-state index is 0.431. The van der Waals surface area contributed by atoms with Gasteiger partial charge in [0.15, 0.2) is 5.13 Å². The van der Waals surface area contributed by atoms with E-state index in [9.17, 15) is 5.26 Å². The Balaban J connectivity index is 0.00000141. The molecule has 3 aromatic rings. The molecule has 0 atom stereocenters. The summed E-state index contributed by atoms with van der Waals surface area (Å²) in [6, 6.07) is 10.5. The fourth-order valence-electron chi connectivity index (χ4n) is 3.43. The van der Waals surface area contributed by atoms with Crippen LogP contribution in [0, 0.1) is 18.3 Å². The zero-order chi connectivity index (χ0) is 22.9. The lowest BCUT2D eigenvalue weighted by molar-refractivity contribution is 0.724. The minimum absolute atomic E-state index is 0.431. The number of thiazole rings is 1. The van der Waals surface area contributed by atoms with Crippen LogP contribution >= 0.6 is 11.3 Å². The number of anilines is 4. The van der Waals surface area contributed by atoms with Crippen LogP contribution in [0.2, 0.25) is 0 Å². The number of nitrogens with one attached hydrogen (secondary N) is 3. The van der Waals surface area contributed by atoms with E-state index in [-0.39, 0.29) is 0 Å². The number of benzene rings is 1. The van der Waals surface area contributed by atoms with E-state index in [1.165, 1.54) is 17.0 Å². The largest absolute Gasteiger partial charge is 0.370 e. The molecule has 0 bridgehead atoms. The Bertz CT molecular complexity index is 1060. The van der Waals surface area contributed by atoms with Gasteiger partial charge in [-0.05, 0) is 38.1 Å². The van der Waals surface area contributed by atoms with Crippen molar-refractivity contribution >= 4 is 33.8 Å². The van der Waals surface area contributed by atoms with Gasteiger partial charge in [-0.15, -0.1) is 0 Å². The highest BCUT2D eigenvalue weighted by atomic mass is 32.1. The van der Waals surface area contributed by atoms with E-state index in [0.29, 0.717) is 17.2 Å². The quantitative estimate of drug-likeness (QED) is 0.526. The maximum atomic E-state index is 9.53. The molecule has 0 aliphatic carbocycles. The maximum Gasteiger partial charge on any atom is 0.227 e. The Kier molecular flexibility index (Phi) is 8.36. The predicted octanol–water partition coefficient (Wildman–Crippen LogP) is 4.39. The van der Waals surface area contributed by atoms with Gasteiger partial charge < -0.3 is 20.9 Å². The first-order chi connectivity index (χ1) is 15.7. The SMILES string of the molecule is CC.CNc1nc(C)c(-c2nc(Nc3cccc(N4CCCNCC4)c3)ncc2C#N)s1. The van der Waals surface area contributed by atoms with Crippen LogP contribution in [-0.2, 0) is 0 Å². The first kappa shape index (κ1) is 23.4. The van der Waals surface area contributed by atoms with Gasteiger partial charge in [-0.3, -0.25) is 0 Å². The molecule has 32 heavy (non-hydrogen) atoms. The van der Waals surface area contributed by atoms with Crippen molar-refractivity contribution in [3.8, 4) is 16.6 Å². The Hall–Kier alpha value is -3.22. The van der Waals surface area contributed by atoms with Crippen molar-refractivity contribution in [2.45, 2.75) is 27.2 Å². The number of hydrogen-bond donors (Lipinski definition) is 3. The molecule has 1 saturated heterocycles. The number of nitriles is 1. The van der Waals surface area contributed by atoms with Gasteiger partial charge in [0.1, 0.15) is 11.8 Å². The highest BCUT2D eigenvalue weighted by Crippen LogP contribution is 2.34.